The highest BCUT2D eigenvalue weighted by Gasteiger charge is 2.24. The van der Waals surface area contributed by atoms with Gasteiger partial charge in [-0.2, -0.15) is 0 Å². The SMILES string of the molecule is CCCCC(C)(O)OC(=O)CCCCC(=O)O. The lowest BCUT2D eigenvalue weighted by molar-refractivity contribution is -0.204. The van der Waals surface area contributed by atoms with Gasteiger partial charge < -0.3 is 14.9 Å². The normalized spacial score (nSPS) is 14.1. The Morgan fingerprint density at radius 2 is 1.76 bits per heavy atom. The second-order valence-corrected chi connectivity index (χ2v) is 4.35. The Balaban J connectivity index is 3.73. The van der Waals surface area contributed by atoms with E-state index in [4.69, 9.17) is 9.84 Å². The molecule has 0 rings (SSSR count). The van der Waals surface area contributed by atoms with Crippen LogP contribution in [0.2, 0.25) is 0 Å². The second-order valence-electron chi connectivity index (χ2n) is 4.35. The van der Waals surface area contributed by atoms with Crippen molar-refractivity contribution < 1.29 is 24.5 Å². The number of carbonyl (C=O) groups is 2. The third kappa shape index (κ3) is 9.81. The van der Waals surface area contributed by atoms with E-state index in [-0.39, 0.29) is 12.8 Å². The molecule has 2 N–H and O–H groups in total. The first-order valence-corrected chi connectivity index (χ1v) is 6.03. The average Bonchev–Trinajstić information content (AvgIpc) is 2.21. The molecule has 0 aromatic carbocycles. The smallest absolute Gasteiger partial charge is 0.308 e. The van der Waals surface area contributed by atoms with Crippen molar-refractivity contribution >= 4 is 11.9 Å². The summed E-state index contributed by atoms with van der Waals surface area (Å²) in [5.41, 5.74) is 0. The van der Waals surface area contributed by atoms with Crippen molar-refractivity contribution in [3.63, 3.8) is 0 Å². The van der Waals surface area contributed by atoms with Gasteiger partial charge in [-0.25, -0.2) is 0 Å². The third-order valence-corrected chi connectivity index (χ3v) is 2.35. The van der Waals surface area contributed by atoms with Gasteiger partial charge >= 0.3 is 11.9 Å². The quantitative estimate of drug-likeness (QED) is 0.369. The number of carbonyl (C=O) groups excluding carboxylic acids is 1. The molecule has 0 bridgehead atoms. The Hall–Kier alpha value is -1.10. The van der Waals surface area contributed by atoms with E-state index in [1.54, 1.807) is 0 Å². The Kier molecular flexibility index (Phi) is 7.54. The molecule has 5 heteroatoms. The number of hydrogen-bond acceptors (Lipinski definition) is 4. The molecule has 1 unspecified atom stereocenters. The van der Waals surface area contributed by atoms with Gasteiger partial charge in [0, 0.05) is 26.2 Å². The highest BCUT2D eigenvalue weighted by atomic mass is 16.7. The van der Waals surface area contributed by atoms with E-state index in [9.17, 15) is 14.7 Å². The van der Waals surface area contributed by atoms with Crippen LogP contribution in [0.5, 0.6) is 0 Å². The van der Waals surface area contributed by atoms with Gasteiger partial charge in [0.15, 0.2) is 0 Å². The van der Waals surface area contributed by atoms with Gasteiger partial charge in [0.25, 0.3) is 0 Å². The summed E-state index contributed by atoms with van der Waals surface area (Å²) < 4.78 is 4.92. The number of carboxylic acid groups (broad SMARTS) is 1. The predicted molar refractivity (Wildman–Crippen MR) is 62.3 cm³/mol. The minimum Gasteiger partial charge on any atom is -0.481 e. The monoisotopic (exact) mass is 246 g/mol. The molecule has 0 aliphatic rings. The molecule has 0 aliphatic heterocycles. The summed E-state index contributed by atoms with van der Waals surface area (Å²) in [4.78, 5) is 21.6. The number of ether oxygens (including phenoxy) is 1. The average molecular weight is 246 g/mol. The van der Waals surface area contributed by atoms with Crippen LogP contribution in [0.3, 0.4) is 0 Å². The topological polar surface area (TPSA) is 83.8 Å². The van der Waals surface area contributed by atoms with Crippen molar-refractivity contribution in [3.05, 3.63) is 0 Å². The molecule has 0 aromatic heterocycles. The lowest BCUT2D eigenvalue weighted by Gasteiger charge is -2.23. The number of carboxylic acids is 1. The maximum atomic E-state index is 11.3. The molecule has 0 radical (unpaired) electrons. The van der Waals surface area contributed by atoms with Crippen LogP contribution in [0.4, 0.5) is 0 Å². The number of rotatable bonds is 9. The summed E-state index contributed by atoms with van der Waals surface area (Å²) in [6.45, 7) is 3.46. The van der Waals surface area contributed by atoms with E-state index in [1.165, 1.54) is 6.92 Å². The van der Waals surface area contributed by atoms with Crippen molar-refractivity contribution in [2.45, 2.75) is 64.6 Å². The highest BCUT2D eigenvalue weighted by molar-refractivity contribution is 5.70. The predicted octanol–water partition coefficient (Wildman–Crippen LogP) is 2.07. The van der Waals surface area contributed by atoms with Crippen molar-refractivity contribution in [2.75, 3.05) is 0 Å². The minimum absolute atomic E-state index is 0.0551. The highest BCUT2D eigenvalue weighted by Crippen LogP contribution is 2.16. The second kappa shape index (κ2) is 8.06. The molecule has 0 aliphatic carbocycles. The van der Waals surface area contributed by atoms with E-state index in [0.29, 0.717) is 19.3 Å². The van der Waals surface area contributed by atoms with Crippen molar-refractivity contribution in [1.29, 1.82) is 0 Å². The first-order valence-electron chi connectivity index (χ1n) is 6.03. The molecule has 0 saturated carbocycles. The van der Waals surface area contributed by atoms with Crippen LogP contribution in [-0.4, -0.2) is 27.9 Å². The van der Waals surface area contributed by atoms with Gasteiger partial charge in [-0.05, 0) is 19.3 Å². The Morgan fingerprint density at radius 3 is 2.29 bits per heavy atom. The Morgan fingerprint density at radius 1 is 1.18 bits per heavy atom. The van der Waals surface area contributed by atoms with Crippen LogP contribution in [0.25, 0.3) is 0 Å². The van der Waals surface area contributed by atoms with Crippen LogP contribution in [0, 0.1) is 0 Å². The number of unbranched alkanes of at least 4 members (excludes halogenated alkanes) is 2. The fraction of sp³-hybridized carbons (Fsp3) is 0.833. The van der Waals surface area contributed by atoms with E-state index in [2.05, 4.69) is 0 Å². The van der Waals surface area contributed by atoms with Crippen molar-refractivity contribution in [3.8, 4) is 0 Å². The van der Waals surface area contributed by atoms with Gasteiger partial charge in [-0.15, -0.1) is 0 Å². The standard InChI is InChI=1S/C12H22O5/c1-3-4-9-12(2,16)17-11(15)8-6-5-7-10(13)14/h16H,3-9H2,1-2H3,(H,13,14). The number of hydrogen-bond donors (Lipinski definition) is 2. The van der Waals surface area contributed by atoms with Crippen molar-refractivity contribution in [1.82, 2.24) is 0 Å². The zero-order valence-electron chi connectivity index (χ0n) is 10.6. The molecule has 0 heterocycles. The van der Waals surface area contributed by atoms with E-state index >= 15 is 0 Å². The minimum atomic E-state index is -1.40. The first-order chi connectivity index (χ1) is 7.87. The van der Waals surface area contributed by atoms with Crippen LogP contribution < -0.4 is 0 Å². The first kappa shape index (κ1) is 15.9. The molecule has 0 aromatic rings. The van der Waals surface area contributed by atoms with Gasteiger partial charge in [0.05, 0.1) is 0 Å². The molecule has 0 saturated heterocycles. The summed E-state index contributed by atoms with van der Waals surface area (Å²) in [7, 11) is 0. The summed E-state index contributed by atoms with van der Waals surface area (Å²) in [5.74, 6) is -2.75. The van der Waals surface area contributed by atoms with Gasteiger partial charge in [0.2, 0.25) is 5.79 Å². The van der Waals surface area contributed by atoms with E-state index in [1.807, 2.05) is 6.92 Å². The number of aliphatic hydroxyl groups is 1. The van der Waals surface area contributed by atoms with Crippen LogP contribution in [0.1, 0.15) is 58.8 Å². The summed E-state index contributed by atoms with van der Waals surface area (Å²) in [6, 6.07) is 0. The number of esters is 1. The fourth-order valence-corrected chi connectivity index (χ4v) is 1.40. The molecular formula is C12H22O5. The summed E-state index contributed by atoms with van der Waals surface area (Å²) >= 11 is 0. The molecular weight excluding hydrogens is 224 g/mol. The Labute approximate surface area is 102 Å². The molecule has 0 fully saturated rings. The molecule has 0 spiro atoms. The third-order valence-electron chi connectivity index (χ3n) is 2.35. The van der Waals surface area contributed by atoms with Gasteiger partial charge in [-0.1, -0.05) is 13.3 Å². The maximum absolute atomic E-state index is 11.3. The lowest BCUT2D eigenvalue weighted by Crippen LogP contribution is -2.31. The molecule has 0 amide bonds. The summed E-state index contributed by atoms with van der Waals surface area (Å²) in [6.07, 6.45) is 3.25. The Bertz CT molecular complexity index is 247. The molecule has 1 atom stereocenters. The fourth-order valence-electron chi connectivity index (χ4n) is 1.40. The van der Waals surface area contributed by atoms with Crippen LogP contribution in [0.15, 0.2) is 0 Å². The summed E-state index contributed by atoms with van der Waals surface area (Å²) in [5, 5.41) is 18.1. The van der Waals surface area contributed by atoms with E-state index < -0.39 is 17.7 Å². The van der Waals surface area contributed by atoms with Gasteiger partial charge in [0.1, 0.15) is 0 Å². The molecule has 5 nitrogen and oxygen atoms in total. The van der Waals surface area contributed by atoms with E-state index in [0.717, 1.165) is 12.8 Å². The van der Waals surface area contributed by atoms with Crippen LogP contribution >= 0.6 is 0 Å². The maximum Gasteiger partial charge on any atom is 0.308 e. The zero-order chi connectivity index (χ0) is 13.3. The van der Waals surface area contributed by atoms with Gasteiger partial charge in [-0.3, -0.25) is 9.59 Å². The van der Waals surface area contributed by atoms with Crippen LogP contribution in [-0.2, 0) is 14.3 Å². The molecule has 17 heavy (non-hydrogen) atoms. The van der Waals surface area contributed by atoms with Crippen molar-refractivity contribution in [2.24, 2.45) is 0 Å². The molecule has 100 valence electrons. The largest absolute Gasteiger partial charge is 0.481 e. The lowest BCUT2D eigenvalue weighted by atomic mass is 10.1. The zero-order valence-corrected chi connectivity index (χ0v) is 10.6. The number of aliphatic carboxylic acids is 1.